The second-order valence-electron chi connectivity index (χ2n) is 14.0. The highest BCUT2D eigenvalue weighted by Crippen LogP contribution is 2.35. The number of unbranched alkanes of at least 4 members (excludes halogenated alkanes) is 3. The summed E-state index contributed by atoms with van der Waals surface area (Å²) in [4.78, 5) is 35.8. The molecule has 0 aliphatic carbocycles. The molecule has 5 rings (SSSR count). The summed E-state index contributed by atoms with van der Waals surface area (Å²) in [5.41, 5.74) is 2.86. The lowest BCUT2D eigenvalue weighted by Crippen LogP contribution is -2.46. The van der Waals surface area contributed by atoms with Crippen molar-refractivity contribution in [2.75, 3.05) is 78.8 Å². The maximum Gasteiger partial charge on any atom is 0.307 e. The molecule has 2 aromatic heterocycles. The van der Waals surface area contributed by atoms with Crippen molar-refractivity contribution >= 4 is 17.6 Å². The molecule has 3 N–H and O–H groups in total. The van der Waals surface area contributed by atoms with Crippen molar-refractivity contribution in [1.29, 1.82) is 0 Å². The number of nitrogens with one attached hydrogen (secondary N) is 3. The Morgan fingerprint density at radius 1 is 0.857 bits per heavy atom. The number of nitrogens with zero attached hydrogens (tertiary/aromatic N) is 4. The quantitative estimate of drug-likeness (QED) is 0.0569. The average Bonchev–Trinajstić information content (AvgIpc) is 3.74. The number of anilines is 1. The van der Waals surface area contributed by atoms with Gasteiger partial charge in [0.2, 0.25) is 0 Å². The second-order valence-corrected chi connectivity index (χ2v) is 14.0. The third-order valence-corrected chi connectivity index (χ3v) is 9.83. The van der Waals surface area contributed by atoms with Gasteiger partial charge in [-0.1, -0.05) is 24.6 Å². The second kappa shape index (κ2) is 22.6. The fraction of sp³-hybridized carbons (Fsp3) is 0.500. The van der Waals surface area contributed by atoms with E-state index >= 15 is 0 Å². The van der Waals surface area contributed by atoms with Crippen molar-refractivity contribution in [1.82, 2.24) is 30.4 Å². The molecule has 0 saturated carbocycles. The zero-order valence-corrected chi connectivity index (χ0v) is 33.0. The molecule has 1 atom stereocenters. The van der Waals surface area contributed by atoms with Crippen LogP contribution >= 0.6 is 0 Å². The number of carbonyl (C=O) groups is 2. The fourth-order valence-electron chi connectivity index (χ4n) is 6.41. The van der Waals surface area contributed by atoms with Crippen LogP contribution in [0, 0.1) is 0 Å². The van der Waals surface area contributed by atoms with Gasteiger partial charge in [-0.05, 0) is 94.1 Å². The molecule has 1 aliphatic heterocycles. The molecule has 1 saturated heterocycles. The van der Waals surface area contributed by atoms with E-state index in [0.717, 1.165) is 80.0 Å². The van der Waals surface area contributed by atoms with Gasteiger partial charge in [-0.25, -0.2) is 4.98 Å². The molecule has 0 unspecified atom stereocenters. The molecule has 1 amide bonds. The minimum absolute atomic E-state index is 0.145. The Labute approximate surface area is 330 Å². The van der Waals surface area contributed by atoms with Crippen LogP contribution < -0.4 is 15.4 Å². The van der Waals surface area contributed by atoms with Crippen molar-refractivity contribution in [3.63, 3.8) is 0 Å². The fourth-order valence-corrected chi connectivity index (χ4v) is 6.41. The molecule has 0 radical (unpaired) electrons. The zero-order chi connectivity index (χ0) is 39.4. The predicted octanol–water partition coefficient (Wildman–Crippen LogP) is 5.94. The highest BCUT2D eigenvalue weighted by atomic mass is 16.5. The number of carbonyl (C=O) groups excluding carboxylic acids is 2. The molecule has 2 aromatic carbocycles. The zero-order valence-electron chi connectivity index (χ0n) is 33.0. The third kappa shape index (κ3) is 13.4. The molecule has 302 valence electrons. The number of aromatic amines is 1. The van der Waals surface area contributed by atoms with E-state index in [0.29, 0.717) is 57.6 Å². The molecule has 56 heavy (non-hydrogen) atoms. The predicted molar refractivity (Wildman–Crippen MR) is 213 cm³/mol. The van der Waals surface area contributed by atoms with Gasteiger partial charge in [-0.15, -0.1) is 0 Å². The number of H-pyrrole nitrogens is 1. The summed E-state index contributed by atoms with van der Waals surface area (Å²) in [6.07, 6.45) is 9.47. The van der Waals surface area contributed by atoms with Gasteiger partial charge >= 0.3 is 5.97 Å². The Kier molecular flexibility index (Phi) is 17.1. The van der Waals surface area contributed by atoms with Gasteiger partial charge in [-0.2, -0.15) is 5.10 Å². The molecule has 14 nitrogen and oxygen atoms in total. The lowest BCUT2D eigenvalue weighted by molar-refractivity contribution is -0.141. The lowest BCUT2D eigenvalue weighted by Gasteiger charge is -2.40. The first-order chi connectivity index (χ1) is 27.3. The number of rotatable bonds is 24. The maximum atomic E-state index is 13.5. The Bertz CT molecular complexity index is 1750. The number of hydrogen-bond donors (Lipinski definition) is 3. The number of ether oxygens (including phenoxy) is 5. The molecule has 4 aromatic rings. The molecule has 1 aliphatic rings. The number of aromatic nitrogens is 4. The van der Waals surface area contributed by atoms with Gasteiger partial charge in [-0.3, -0.25) is 19.7 Å². The first-order valence-electron chi connectivity index (χ1n) is 19.6. The standard InChI is InChI=1S/C42H57N7O7/c1-32(33-11-13-37(14-12-33)56-25-7-5-4-6-24-53-27-29-55-30-28-54-26-17-38(50)52-3)44-40(51)35-9-8-10-36(31-35)46-42(18-22-49(2)23-19-42)41-45-39(47-48-41)34-15-20-43-21-16-34/h8-16,20-21,31-32,46H,4-7,17-19,22-30H2,1-3H3,(H,44,51)(H,45,47,48)/t32-/m1/s1. The van der Waals surface area contributed by atoms with Gasteiger partial charge in [0.05, 0.1) is 64.8 Å². The number of likely N-dealkylation sites (tertiary alicyclic amines) is 1. The number of piperidine rings is 1. The SMILES string of the molecule is COC(=O)CCOCCOCCOCCCCCCOc1ccc([C@@H](C)NC(=O)c2cccc(NC3(c4nc(-c5ccncc5)n[nH]4)CCN(C)CC3)c2)cc1. The minimum atomic E-state index is -0.462. The van der Waals surface area contributed by atoms with E-state index < -0.39 is 5.54 Å². The van der Waals surface area contributed by atoms with Gasteiger partial charge in [0.1, 0.15) is 5.75 Å². The highest BCUT2D eigenvalue weighted by molar-refractivity contribution is 5.95. The van der Waals surface area contributed by atoms with Crippen molar-refractivity contribution in [2.45, 2.75) is 63.5 Å². The molecule has 1 fully saturated rings. The van der Waals surface area contributed by atoms with Gasteiger partial charge in [0.15, 0.2) is 11.6 Å². The number of hydrogen-bond acceptors (Lipinski definition) is 12. The Morgan fingerprint density at radius 3 is 2.25 bits per heavy atom. The van der Waals surface area contributed by atoms with E-state index in [9.17, 15) is 9.59 Å². The number of esters is 1. The average molecular weight is 772 g/mol. The van der Waals surface area contributed by atoms with Crippen molar-refractivity contribution in [3.8, 4) is 17.1 Å². The normalized spacial score (nSPS) is 14.6. The van der Waals surface area contributed by atoms with E-state index in [1.54, 1.807) is 12.4 Å². The summed E-state index contributed by atoms with van der Waals surface area (Å²) in [6.45, 7) is 7.45. The summed E-state index contributed by atoms with van der Waals surface area (Å²) in [5, 5.41) is 14.6. The summed E-state index contributed by atoms with van der Waals surface area (Å²) < 4.78 is 26.9. The maximum absolute atomic E-state index is 13.5. The van der Waals surface area contributed by atoms with Crippen LogP contribution in [0.3, 0.4) is 0 Å². The van der Waals surface area contributed by atoms with E-state index in [-0.39, 0.29) is 24.3 Å². The van der Waals surface area contributed by atoms with Crippen LogP contribution in [0.1, 0.15) is 79.7 Å². The minimum Gasteiger partial charge on any atom is -0.494 e. The van der Waals surface area contributed by atoms with Crippen LogP contribution in [0.2, 0.25) is 0 Å². The number of amides is 1. The molecule has 3 heterocycles. The molecule has 0 spiro atoms. The van der Waals surface area contributed by atoms with Crippen LogP contribution in [0.5, 0.6) is 5.75 Å². The molecular weight excluding hydrogens is 715 g/mol. The van der Waals surface area contributed by atoms with Crippen molar-refractivity contribution in [3.05, 3.63) is 90.0 Å². The Balaban J connectivity index is 0.988. The first-order valence-corrected chi connectivity index (χ1v) is 19.6. The van der Waals surface area contributed by atoms with E-state index in [4.69, 9.17) is 23.9 Å². The molecular formula is C42H57N7O7. The highest BCUT2D eigenvalue weighted by Gasteiger charge is 2.39. The first kappa shape index (κ1) is 42.3. The van der Waals surface area contributed by atoms with Crippen LogP contribution in [0.15, 0.2) is 73.1 Å². The van der Waals surface area contributed by atoms with Crippen LogP contribution in [-0.2, 0) is 29.3 Å². The van der Waals surface area contributed by atoms with Crippen LogP contribution in [-0.4, -0.2) is 110 Å². The van der Waals surface area contributed by atoms with Gasteiger partial charge < -0.3 is 39.2 Å². The van der Waals surface area contributed by atoms with Crippen LogP contribution in [0.4, 0.5) is 5.69 Å². The largest absolute Gasteiger partial charge is 0.494 e. The summed E-state index contributed by atoms with van der Waals surface area (Å²) in [5.74, 6) is 1.80. The summed E-state index contributed by atoms with van der Waals surface area (Å²) >= 11 is 0. The smallest absolute Gasteiger partial charge is 0.307 e. The third-order valence-electron chi connectivity index (χ3n) is 9.83. The Morgan fingerprint density at radius 2 is 1.54 bits per heavy atom. The summed E-state index contributed by atoms with van der Waals surface area (Å²) in [7, 11) is 3.49. The van der Waals surface area contributed by atoms with E-state index in [1.165, 1.54) is 7.11 Å². The number of methoxy groups -OCH3 is 1. The number of benzene rings is 2. The monoisotopic (exact) mass is 771 g/mol. The summed E-state index contributed by atoms with van der Waals surface area (Å²) in [6, 6.07) is 19.2. The van der Waals surface area contributed by atoms with Crippen LogP contribution in [0.25, 0.3) is 11.4 Å². The van der Waals surface area contributed by atoms with Gasteiger partial charge in [0.25, 0.3) is 5.91 Å². The van der Waals surface area contributed by atoms with Crippen molar-refractivity contribution in [2.24, 2.45) is 0 Å². The van der Waals surface area contributed by atoms with E-state index in [2.05, 4.69) is 42.5 Å². The van der Waals surface area contributed by atoms with E-state index in [1.807, 2.05) is 67.6 Å². The topological polar surface area (TPSA) is 162 Å². The molecule has 14 heteroatoms. The number of pyridine rings is 1. The van der Waals surface area contributed by atoms with Gasteiger partial charge in [0, 0.05) is 48.9 Å². The molecule has 0 bridgehead atoms. The Hall–Kier alpha value is -4.89. The lowest BCUT2D eigenvalue weighted by atomic mass is 9.86. The van der Waals surface area contributed by atoms with Crippen molar-refractivity contribution < 1.29 is 33.3 Å².